The minimum absolute atomic E-state index is 0.174. The van der Waals surface area contributed by atoms with E-state index in [0.29, 0.717) is 16.4 Å². The first kappa shape index (κ1) is 14.9. The van der Waals surface area contributed by atoms with Gasteiger partial charge in [-0.2, -0.15) is 5.10 Å². The van der Waals surface area contributed by atoms with E-state index in [2.05, 4.69) is 26.1 Å². The van der Waals surface area contributed by atoms with E-state index in [4.69, 9.17) is 5.73 Å². The number of nitrogen functional groups attached to an aromatic ring is 1. The number of hydrogen-bond donors (Lipinski definition) is 5. The molecule has 2 amide bonds. The van der Waals surface area contributed by atoms with Crippen LogP contribution in [-0.4, -0.2) is 36.1 Å². The highest BCUT2D eigenvalue weighted by molar-refractivity contribution is 7.19. The molecule has 0 unspecified atom stereocenters. The maximum atomic E-state index is 12.0. The van der Waals surface area contributed by atoms with Crippen molar-refractivity contribution in [3.63, 3.8) is 0 Å². The molecular formula is C12H16N6O2S. The Balaban J connectivity index is 2.33. The maximum Gasteiger partial charge on any atom is 0.263 e. The van der Waals surface area contributed by atoms with Gasteiger partial charge in [0, 0.05) is 32.4 Å². The number of H-pyrrole nitrogens is 1. The highest BCUT2D eigenvalue weighted by Gasteiger charge is 2.24. The molecule has 6 N–H and O–H groups in total. The predicted octanol–water partition coefficient (Wildman–Crippen LogP) is 0.385. The number of carbonyl (C=O) groups excluding carboxylic acids is 2. The average molecular weight is 308 g/mol. The first-order valence-electron chi connectivity index (χ1n) is 6.16. The van der Waals surface area contributed by atoms with Gasteiger partial charge in [-0.15, -0.1) is 11.3 Å². The van der Waals surface area contributed by atoms with Crippen LogP contribution in [0.1, 0.15) is 25.6 Å². The Kier molecular flexibility index (Phi) is 4.43. The Morgan fingerprint density at radius 2 is 2.05 bits per heavy atom. The lowest BCUT2D eigenvalue weighted by molar-refractivity contribution is 0.0963. The van der Waals surface area contributed by atoms with Gasteiger partial charge in [-0.25, -0.2) is 0 Å². The molecule has 0 bridgehead atoms. The lowest BCUT2D eigenvalue weighted by atomic mass is 10.2. The van der Waals surface area contributed by atoms with Gasteiger partial charge in [-0.3, -0.25) is 14.7 Å². The Labute approximate surface area is 125 Å². The van der Waals surface area contributed by atoms with Gasteiger partial charge in [0.15, 0.2) is 0 Å². The molecule has 0 saturated carbocycles. The Morgan fingerprint density at radius 1 is 1.33 bits per heavy atom. The standard InChI is InChI=1S/C12H16N6O2S/c1-14-10(19)7-8(13)9(11(20)15-2)21-12(7)16-3-6-4-17-18-5-6/h4-5,16H,3,13H2,1-2H3,(H,14,19)(H,15,20)(H,17,18). The summed E-state index contributed by atoms with van der Waals surface area (Å²) in [6.45, 7) is 0.466. The van der Waals surface area contributed by atoms with Gasteiger partial charge >= 0.3 is 0 Å². The Bertz CT molecular complexity index is 649. The zero-order valence-electron chi connectivity index (χ0n) is 11.6. The number of nitrogens with one attached hydrogen (secondary N) is 4. The summed E-state index contributed by atoms with van der Waals surface area (Å²) in [6, 6.07) is 0. The molecule has 8 nitrogen and oxygen atoms in total. The van der Waals surface area contributed by atoms with Gasteiger partial charge in [-0.05, 0) is 0 Å². The van der Waals surface area contributed by atoms with Gasteiger partial charge in [0.1, 0.15) is 9.88 Å². The summed E-state index contributed by atoms with van der Waals surface area (Å²) in [4.78, 5) is 24.1. The van der Waals surface area contributed by atoms with E-state index in [1.165, 1.54) is 14.1 Å². The summed E-state index contributed by atoms with van der Waals surface area (Å²) in [5.41, 5.74) is 7.32. The molecule has 0 atom stereocenters. The third-order valence-corrected chi connectivity index (χ3v) is 4.00. The van der Waals surface area contributed by atoms with Crippen LogP contribution in [0.2, 0.25) is 0 Å². The highest BCUT2D eigenvalue weighted by Crippen LogP contribution is 2.35. The van der Waals surface area contributed by atoms with Crippen molar-refractivity contribution in [3.05, 3.63) is 28.4 Å². The van der Waals surface area contributed by atoms with Crippen molar-refractivity contribution in [3.8, 4) is 0 Å². The highest BCUT2D eigenvalue weighted by atomic mass is 32.1. The molecule has 2 heterocycles. The molecule has 0 saturated heterocycles. The van der Waals surface area contributed by atoms with Crippen molar-refractivity contribution >= 4 is 33.8 Å². The van der Waals surface area contributed by atoms with Crippen molar-refractivity contribution in [1.29, 1.82) is 0 Å². The summed E-state index contributed by atoms with van der Waals surface area (Å²) >= 11 is 1.14. The first-order chi connectivity index (χ1) is 10.1. The second-order valence-electron chi connectivity index (χ2n) is 4.17. The summed E-state index contributed by atoms with van der Waals surface area (Å²) in [6.07, 6.45) is 3.41. The summed E-state index contributed by atoms with van der Waals surface area (Å²) in [5.74, 6) is -0.660. The first-order valence-corrected chi connectivity index (χ1v) is 6.98. The van der Waals surface area contributed by atoms with Gasteiger partial charge in [-0.1, -0.05) is 0 Å². The molecule has 0 fully saturated rings. The molecule has 2 aromatic heterocycles. The molecule has 0 aliphatic carbocycles. The van der Waals surface area contributed by atoms with Gasteiger partial charge in [0.25, 0.3) is 11.8 Å². The molecule has 9 heteroatoms. The van der Waals surface area contributed by atoms with E-state index in [1.54, 1.807) is 12.4 Å². The van der Waals surface area contributed by atoms with Crippen molar-refractivity contribution in [2.45, 2.75) is 6.54 Å². The molecule has 0 aromatic carbocycles. The molecule has 0 radical (unpaired) electrons. The molecule has 2 rings (SSSR count). The Hall–Kier alpha value is -2.55. The lowest BCUT2D eigenvalue weighted by Gasteiger charge is -2.05. The number of rotatable bonds is 5. The van der Waals surface area contributed by atoms with Gasteiger partial charge in [0.2, 0.25) is 0 Å². The summed E-state index contributed by atoms with van der Waals surface area (Å²) < 4.78 is 0. The third kappa shape index (κ3) is 2.97. The number of amides is 2. The average Bonchev–Trinajstić information content (AvgIpc) is 3.11. The van der Waals surface area contributed by atoms with Crippen molar-refractivity contribution in [1.82, 2.24) is 20.8 Å². The van der Waals surface area contributed by atoms with Crippen LogP contribution in [0.15, 0.2) is 12.4 Å². The van der Waals surface area contributed by atoms with Crippen LogP contribution in [0.3, 0.4) is 0 Å². The second kappa shape index (κ2) is 6.27. The van der Waals surface area contributed by atoms with Crippen molar-refractivity contribution in [2.24, 2.45) is 0 Å². The number of anilines is 2. The van der Waals surface area contributed by atoms with E-state index < -0.39 is 0 Å². The van der Waals surface area contributed by atoms with E-state index in [9.17, 15) is 9.59 Å². The van der Waals surface area contributed by atoms with Crippen LogP contribution in [0.25, 0.3) is 0 Å². The largest absolute Gasteiger partial charge is 0.397 e. The second-order valence-corrected chi connectivity index (χ2v) is 5.19. The maximum absolute atomic E-state index is 12.0. The van der Waals surface area contributed by atoms with E-state index >= 15 is 0 Å². The quantitative estimate of drug-likeness (QED) is 0.546. The number of hydrogen-bond acceptors (Lipinski definition) is 6. The zero-order chi connectivity index (χ0) is 15.4. The number of aromatic amines is 1. The van der Waals surface area contributed by atoms with Crippen molar-refractivity contribution in [2.75, 3.05) is 25.1 Å². The molecule has 112 valence electrons. The summed E-state index contributed by atoms with van der Waals surface area (Å²) in [5, 5.41) is 15.2. The fourth-order valence-corrected chi connectivity index (χ4v) is 2.82. The molecule has 2 aromatic rings. The van der Waals surface area contributed by atoms with Crippen LogP contribution < -0.4 is 21.7 Å². The van der Waals surface area contributed by atoms with Gasteiger partial charge < -0.3 is 21.7 Å². The topological polar surface area (TPSA) is 125 Å². The smallest absolute Gasteiger partial charge is 0.263 e. The molecule has 0 aliphatic heterocycles. The van der Waals surface area contributed by atoms with Crippen LogP contribution in [0.4, 0.5) is 10.7 Å². The Morgan fingerprint density at radius 3 is 2.62 bits per heavy atom. The van der Waals surface area contributed by atoms with E-state index in [1.807, 2.05) is 0 Å². The third-order valence-electron chi connectivity index (χ3n) is 2.84. The van der Waals surface area contributed by atoms with Crippen molar-refractivity contribution < 1.29 is 9.59 Å². The number of aromatic nitrogens is 2. The number of nitrogens with zero attached hydrogens (tertiary/aromatic N) is 1. The van der Waals surface area contributed by atoms with E-state index in [-0.39, 0.29) is 23.1 Å². The van der Waals surface area contributed by atoms with Crippen LogP contribution >= 0.6 is 11.3 Å². The number of carbonyl (C=O) groups is 2. The molecule has 21 heavy (non-hydrogen) atoms. The normalized spacial score (nSPS) is 10.2. The lowest BCUT2D eigenvalue weighted by Crippen LogP contribution is -2.21. The summed E-state index contributed by atoms with van der Waals surface area (Å²) in [7, 11) is 3.03. The molecule has 0 spiro atoms. The predicted molar refractivity (Wildman–Crippen MR) is 81.4 cm³/mol. The zero-order valence-corrected chi connectivity index (χ0v) is 12.4. The SMILES string of the molecule is CNC(=O)c1sc(NCc2cn[nH]c2)c(C(=O)NC)c1N. The van der Waals surface area contributed by atoms with Crippen LogP contribution in [-0.2, 0) is 6.54 Å². The van der Waals surface area contributed by atoms with Crippen LogP contribution in [0, 0.1) is 0 Å². The minimum atomic E-state index is -0.339. The van der Waals surface area contributed by atoms with Gasteiger partial charge in [0.05, 0.1) is 17.4 Å². The van der Waals surface area contributed by atoms with E-state index in [0.717, 1.165) is 16.9 Å². The minimum Gasteiger partial charge on any atom is -0.397 e. The monoisotopic (exact) mass is 308 g/mol. The fourth-order valence-electron chi connectivity index (χ4n) is 1.76. The number of thiophene rings is 1. The molecule has 0 aliphatic rings. The molecular weight excluding hydrogens is 292 g/mol. The fraction of sp³-hybridized carbons (Fsp3) is 0.250. The number of nitrogens with two attached hydrogens (primary N) is 1. The van der Waals surface area contributed by atoms with Crippen LogP contribution in [0.5, 0.6) is 0 Å².